The molecule has 136 valence electrons. The van der Waals surface area contributed by atoms with Gasteiger partial charge in [-0.15, -0.1) is 5.10 Å². The van der Waals surface area contributed by atoms with Crippen molar-refractivity contribution in [3.63, 3.8) is 0 Å². The molecule has 0 spiro atoms. The van der Waals surface area contributed by atoms with Crippen LogP contribution in [0.3, 0.4) is 0 Å². The van der Waals surface area contributed by atoms with Crippen LogP contribution in [0.15, 0.2) is 48.5 Å². The zero-order valence-electron chi connectivity index (χ0n) is 14.9. The van der Waals surface area contributed by atoms with Crippen molar-refractivity contribution in [2.75, 3.05) is 37.6 Å². The Bertz CT molecular complexity index is 854. The number of aromatic nitrogens is 3. The lowest BCUT2D eigenvalue weighted by Gasteiger charge is -2.36. The first-order chi connectivity index (χ1) is 12.8. The molecular formula is C20H24FN5. The van der Waals surface area contributed by atoms with Crippen molar-refractivity contribution in [1.29, 1.82) is 0 Å². The Morgan fingerprint density at radius 3 is 2.54 bits per heavy atom. The molecular weight excluding hydrogens is 329 g/mol. The molecule has 5 nitrogen and oxygen atoms in total. The SMILES string of the molecule is Fc1cccc(N2CCN(CCCCn3nnc4ccccc43)CC2)c1. The number of hydrogen-bond acceptors (Lipinski definition) is 4. The quantitative estimate of drug-likeness (QED) is 0.638. The lowest BCUT2D eigenvalue weighted by atomic mass is 10.2. The van der Waals surface area contributed by atoms with Gasteiger partial charge in [0, 0.05) is 38.4 Å². The van der Waals surface area contributed by atoms with E-state index in [-0.39, 0.29) is 5.82 Å². The minimum Gasteiger partial charge on any atom is -0.369 e. The summed E-state index contributed by atoms with van der Waals surface area (Å²) in [5.41, 5.74) is 3.06. The van der Waals surface area contributed by atoms with Crippen LogP contribution < -0.4 is 4.90 Å². The average molecular weight is 353 g/mol. The number of aryl methyl sites for hydroxylation is 1. The van der Waals surface area contributed by atoms with E-state index in [9.17, 15) is 4.39 Å². The topological polar surface area (TPSA) is 37.2 Å². The van der Waals surface area contributed by atoms with E-state index in [2.05, 4.69) is 26.2 Å². The summed E-state index contributed by atoms with van der Waals surface area (Å²) >= 11 is 0. The number of rotatable bonds is 6. The first kappa shape index (κ1) is 17.0. The second-order valence-electron chi connectivity index (χ2n) is 6.82. The van der Waals surface area contributed by atoms with Crippen LogP contribution in [0, 0.1) is 5.82 Å². The molecule has 0 N–H and O–H groups in total. The fourth-order valence-electron chi connectivity index (χ4n) is 3.58. The normalized spacial score (nSPS) is 15.7. The largest absolute Gasteiger partial charge is 0.369 e. The van der Waals surface area contributed by atoms with Gasteiger partial charge in [-0.3, -0.25) is 4.90 Å². The van der Waals surface area contributed by atoms with Crippen LogP contribution in [-0.4, -0.2) is 52.6 Å². The standard InChI is InChI=1S/C20H24FN5/c21-17-6-5-7-18(16-17)25-14-12-24(13-15-25)10-3-4-11-26-20-9-2-1-8-19(20)22-23-26/h1-2,5-9,16H,3-4,10-15H2. The summed E-state index contributed by atoms with van der Waals surface area (Å²) in [5, 5.41) is 8.45. The summed E-state index contributed by atoms with van der Waals surface area (Å²) in [4.78, 5) is 4.76. The van der Waals surface area contributed by atoms with Crippen molar-refractivity contribution >= 4 is 16.7 Å². The molecule has 1 aliphatic heterocycles. The second-order valence-corrected chi connectivity index (χ2v) is 6.82. The van der Waals surface area contributed by atoms with Gasteiger partial charge in [0.25, 0.3) is 0 Å². The highest BCUT2D eigenvalue weighted by molar-refractivity contribution is 5.73. The Labute approximate surface area is 153 Å². The number of piperazine rings is 1. The van der Waals surface area contributed by atoms with Gasteiger partial charge in [-0.2, -0.15) is 0 Å². The summed E-state index contributed by atoms with van der Waals surface area (Å²) in [5.74, 6) is -0.162. The van der Waals surface area contributed by atoms with E-state index >= 15 is 0 Å². The molecule has 1 aliphatic rings. The molecule has 1 saturated heterocycles. The van der Waals surface area contributed by atoms with Crippen LogP contribution in [0.25, 0.3) is 11.0 Å². The smallest absolute Gasteiger partial charge is 0.125 e. The third-order valence-electron chi connectivity index (χ3n) is 5.06. The van der Waals surface area contributed by atoms with Crippen molar-refractivity contribution < 1.29 is 4.39 Å². The van der Waals surface area contributed by atoms with Gasteiger partial charge in [0.15, 0.2) is 0 Å². The summed E-state index contributed by atoms with van der Waals surface area (Å²) in [6.45, 7) is 5.98. The second kappa shape index (κ2) is 7.83. The van der Waals surface area contributed by atoms with Crippen LogP contribution >= 0.6 is 0 Å². The summed E-state index contributed by atoms with van der Waals surface area (Å²) in [6.07, 6.45) is 2.24. The van der Waals surface area contributed by atoms with Gasteiger partial charge in [0.05, 0.1) is 5.52 Å². The molecule has 0 atom stereocenters. The van der Waals surface area contributed by atoms with Crippen LogP contribution in [0.1, 0.15) is 12.8 Å². The fourth-order valence-corrected chi connectivity index (χ4v) is 3.58. The van der Waals surface area contributed by atoms with E-state index in [1.165, 1.54) is 6.07 Å². The van der Waals surface area contributed by atoms with Crippen molar-refractivity contribution in [2.24, 2.45) is 0 Å². The number of nitrogens with zero attached hydrogens (tertiary/aromatic N) is 5. The minimum absolute atomic E-state index is 0.162. The molecule has 4 rings (SSSR count). The van der Waals surface area contributed by atoms with Crippen molar-refractivity contribution in [3.8, 4) is 0 Å². The molecule has 0 radical (unpaired) electrons. The van der Waals surface area contributed by atoms with Crippen LogP contribution in [0.5, 0.6) is 0 Å². The number of fused-ring (bicyclic) bond motifs is 1. The molecule has 0 unspecified atom stereocenters. The first-order valence-corrected chi connectivity index (χ1v) is 9.31. The van der Waals surface area contributed by atoms with E-state index in [1.54, 1.807) is 12.1 Å². The summed E-state index contributed by atoms with van der Waals surface area (Å²) < 4.78 is 15.4. The van der Waals surface area contributed by atoms with Crippen molar-refractivity contribution in [2.45, 2.75) is 19.4 Å². The molecule has 0 saturated carbocycles. The molecule has 1 aromatic heterocycles. The highest BCUT2D eigenvalue weighted by Gasteiger charge is 2.17. The fraction of sp³-hybridized carbons (Fsp3) is 0.400. The predicted octanol–water partition coefficient (Wildman–Crippen LogP) is 3.17. The molecule has 1 fully saturated rings. The summed E-state index contributed by atoms with van der Waals surface area (Å²) in [6, 6.07) is 15.0. The molecule has 2 heterocycles. The van der Waals surface area contributed by atoms with E-state index in [4.69, 9.17) is 0 Å². The number of unbranched alkanes of at least 4 members (excludes halogenated alkanes) is 1. The first-order valence-electron chi connectivity index (χ1n) is 9.31. The number of anilines is 1. The number of para-hydroxylation sites is 1. The number of halogens is 1. The number of benzene rings is 2. The van der Waals surface area contributed by atoms with Crippen LogP contribution in [0.2, 0.25) is 0 Å². The van der Waals surface area contributed by atoms with Gasteiger partial charge in [-0.05, 0) is 49.7 Å². The molecule has 0 amide bonds. The molecule has 0 aliphatic carbocycles. The highest BCUT2D eigenvalue weighted by atomic mass is 19.1. The zero-order valence-corrected chi connectivity index (χ0v) is 14.9. The highest BCUT2D eigenvalue weighted by Crippen LogP contribution is 2.18. The lowest BCUT2D eigenvalue weighted by Crippen LogP contribution is -2.46. The third-order valence-corrected chi connectivity index (χ3v) is 5.06. The van der Waals surface area contributed by atoms with E-state index in [0.29, 0.717) is 0 Å². The Hall–Kier alpha value is -2.47. The Morgan fingerprint density at radius 2 is 1.69 bits per heavy atom. The van der Waals surface area contributed by atoms with Gasteiger partial charge < -0.3 is 4.90 Å². The van der Waals surface area contributed by atoms with Gasteiger partial charge in [0.2, 0.25) is 0 Å². The van der Waals surface area contributed by atoms with Crippen LogP contribution in [-0.2, 0) is 6.54 Å². The van der Waals surface area contributed by atoms with Gasteiger partial charge in [-0.25, -0.2) is 9.07 Å². The lowest BCUT2D eigenvalue weighted by molar-refractivity contribution is 0.251. The van der Waals surface area contributed by atoms with Crippen molar-refractivity contribution in [1.82, 2.24) is 19.9 Å². The monoisotopic (exact) mass is 353 g/mol. The molecule has 6 heteroatoms. The van der Waals surface area contributed by atoms with E-state index in [0.717, 1.165) is 68.8 Å². The van der Waals surface area contributed by atoms with Gasteiger partial charge in [-0.1, -0.05) is 23.4 Å². The van der Waals surface area contributed by atoms with E-state index in [1.807, 2.05) is 28.9 Å². The molecule has 26 heavy (non-hydrogen) atoms. The van der Waals surface area contributed by atoms with Crippen molar-refractivity contribution in [3.05, 3.63) is 54.3 Å². The van der Waals surface area contributed by atoms with Gasteiger partial charge in [0.1, 0.15) is 11.3 Å². The predicted molar refractivity (Wildman–Crippen MR) is 102 cm³/mol. The molecule has 3 aromatic rings. The Kier molecular flexibility index (Phi) is 5.11. The maximum atomic E-state index is 13.4. The maximum Gasteiger partial charge on any atom is 0.125 e. The van der Waals surface area contributed by atoms with E-state index < -0.39 is 0 Å². The summed E-state index contributed by atoms with van der Waals surface area (Å²) in [7, 11) is 0. The number of hydrogen-bond donors (Lipinski definition) is 0. The Morgan fingerprint density at radius 1 is 0.885 bits per heavy atom. The van der Waals surface area contributed by atoms with Crippen LogP contribution in [0.4, 0.5) is 10.1 Å². The minimum atomic E-state index is -0.162. The maximum absolute atomic E-state index is 13.4. The molecule has 2 aromatic carbocycles. The van der Waals surface area contributed by atoms with Gasteiger partial charge >= 0.3 is 0 Å². The molecule has 0 bridgehead atoms. The zero-order chi connectivity index (χ0) is 17.8. The Balaban J connectivity index is 1.20. The third kappa shape index (κ3) is 3.85. The average Bonchev–Trinajstić information content (AvgIpc) is 3.09.